The molecule has 0 saturated carbocycles. The summed E-state index contributed by atoms with van der Waals surface area (Å²) in [6.45, 7) is 1.33. The van der Waals surface area contributed by atoms with E-state index in [2.05, 4.69) is 4.74 Å². The lowest BCUT2D eigenvalue weighted by molar-refractivity contribution is -0.145. The Morgan fingerprint density at radius 2 is 1.86 bits per heavy atom. The van der Waals surface area contributed by atoms with Crippen LogP contribution < -0.4 is 4.72 Å². The molecule has 6 nitrogen and oxygen atoms in total. The highest BCUT2D eigenvalue weighted by molar-refractivity contribution is 7.90. The highest BCUT2D eigenvalue weighted by Crippen LogP contribution is 2.23. The first-order valence-electron chi connectivity index (χ1n) is 6.10. The van der Waals surface area contributed by atoms with Crippen LogP contribution >= 0.6 is 0 Å². The van der Waals surface area contributed by atoms with E-state index in [4.69, 9.17) is 5.11 Å². The molecule has 0 heterocycles. The molecule has 0 aliphatic rings. The fraction of sp³-hybridized carbons (Fsp3) is 0.417. The lowest BCUT2D eigenvalue weighted by Crippen LogP contribution is -2.48. The number of phenols is 1. The number of halogens is 3. The maximum absolute atomic E-state index is 12.4. The van der Waals surface area contributed by atoms with Gasteiger partial charge in [-0.1, -0.05) is 12.1 Å². The number of benzene rings is 1. The zero-order valence-corrected chi connectivity index (χ0v) is 12.2. The van der Waals surface area contributed by atoms with Crippen LogP contribution in [0.5, 0.6) is 5.75 Å². The van der Waals surface area contributed by atoms with Crippen molar-refractivity contribution in [3.8, 4) is 5.75 Å². The van der Waals surface area contributed by atoms with Gasteiger partial charge in [-0.05, 0) is 31.0 Å². The van der Waals surface area contributed by atoms with E-state index in [0.717, 1.165) is 0 Å². The van der Waals surface area contributed by atoms with E-state index in [9.17, 15) is 26.4 Å². The average Bonchev–Trinajstić information content (AvgIpc) is 2.39. The molecule has 1 aromatic rings. The van der Waals surface area contributed by atoms with E-state index in [1.807, 2.05) is 0 Å². The fourth-order valence-electron chi connectivity index (χ4n) is 1.54. The van der Waals surface area contributed by atoms with Crippen LogP contribution in [0.2, 0.25) is 0 Å². The molecule has 1 aromatic carbocycles. The van der Waals surface area contributed by atoms with Crippen molar-refractivity contribution in [2.24, 2.45) is 0 Å². The van der Waals surface area contributed by atoms with Crippen molar-refractivity contribution in [1.29, 1.82) is 0 Å². The summed E-state index contributed by atoms with van der Waals surface area (Å²) in [5.41, 5.74) is -5.19. The van der Waals surface area contributed by atoms with Gasteiger partial charge in [0.05, 0.1) is 6.61 Å². The van der Waals surface area contributed by atoms with Gasteiger partial charge >= 0.3 is 21.5 Å². The van der Waals surface area contributed by atoms with Crippen molar-refractivity contribution in [3.05, 3.63) is 29.8 Å². The summed E-state index contributed by atoms with van der Waals surface area (Å²) in [5.74, 6) is -1.20. The Morgan fingerprint density at radius 1 is 1.32 bits per heavy atom. The van der Waals surface area contributed by atoms with Gasteiger partial charge in [-0.2, -0.15) is 17.9 Å². The molecule has 0 spiro atoms. The number of ether oxygens (including phenoxy) is 1. The molecule has 1 rings (SSSR count). The molecule has 10 heteroatoms. The van der Waals surface area contributed by atoms with E-state index in [1.165, 1.54) is 35.9 Å². The summed E-state index contributed by atoms with van der Waals surface area (Å²) < 4.78 is 65.3. The number of carbonyl (C=O) groups is 1. The molecule has 0 bridgehead atoms. The summed E-state index contributed by atoms with van der Waals surface area (Å²) in [5, 5.41) is 9.13. The first-order chi connectivity index (χ1) is 10.1. The second-order valence-electron chi connectivity index (χ2n) is 4.24. The third kappa shape index (κ3) is 4.88. The van der Waals surface area contributed by atoms with Crippen LogP contribution in [-0.2, 0) is 26.0 Å². The van der Waals surface area contributed by atoms with Crippen LogP contribution in [0, 0.1) is 0 Å². The molecule has 22 heavy (non-hydrogen) atoms. The number of carbonyl (C=O) groups excluding carboxylic acids is 1. The Morgan fingerprint density at radius 3 is 2.32 bits per heavy atom. The van der Waals surface area contributed by atoms with Gasteiger partial charge in [-0.25, -0.2) is 8.42 Å². The van der Waals surface area contributed by atoms with E-state index in [1.54, 1.807) is 0 Å². The quantitative estimate of drug-likeness (QED) is 0.761. The molecular formula is C12H14F3NO5S. The lowest BCUT2D eigenvalue weighted by atomic mass is 10.1. The fourth-order valence-corrected chi connectivity index (χ4v) is 2.23. The number of hydrogen-bond donors (Lipinski definition) is 2. The van der Waals surface area contributed by atoms with E-state index >= 15 is 0 Å². The molecule has 0 aromatic heterocycles. The maximum atomic E-state index is 12.4. The largest absolute Gasteiger partial charge is 0.511 e. The second kappa shape index (κ2) is 6.97. The summed E-state index contributed by atoms with van der Waals surface area (Å²) in [4.78, 5) is 11.7. The van der Waals surface area contributed by atoms with E-state index in [0.29, 0.717) is 5.56 Å². The van der Waals surface area contributed by atoms with Crippen LogP contribution in [0.15, 0.2) is 24.3 Å². The van der Waals surface area contributed by atoms with Crippen molar-refractivity contribution in [2.45, 2.75) is 24.9 Å². The molecule has 0 saturated heterocycles. The van der Waals surface area contributed by atoms with Gasteiger partial charge in [0, 0.05) is 0 Å². The number of sulfonamides is 1. The molecule has 124 valence electrons. The number of aromatic hydroxyl groups is 1. The first-order valence-corrected chi connectivity index (χ1v) is 7.58. The summed E-state index contributed by atoms with van der Waals surface area (Å²) >= 11 is 0. The van der Waals surface area contributed by atoms with Gasteiger partial charge in [0.1, 0.15) is 11.8 Å². The number of rotatable bonds is 6. The molecule has 0 fully saturated rings. The minimum Gasteiger partial charge on any atom is -0.508 e. The van der Waals surface area contributed by atoms with E-state index < -0.39 is 27.5 Å². The lowest BCUT2D eigenvalue weighted by Gasteiger charge is -2.18. The Labute approximate surface area is 124 Å². The third-order valence-corrected chi connectivity index (χ3v) is 3.75. The van der Waals surface area contributed by atoms with E-state index in [-0.39, 0.29) is 18.8 Å². The summed E-state index contributed by atoms with van der Waals surface area (Å²) in [6.07, 6.45) is -0.353. The van der Waals surface area contributed by atoms with Gasteiger partial charge < -0.3 is 9.84 Å². The van der Waals surface area contributed by atoms with Gasteiger partial charge in [0.15, 0.2) is 0 Å². The Bertz CT molecular complexity index is 613. The standard InChI is InChI=1S/C12H14F3NO5S/c1-2-21-11(18)10(16-22(19,20)12(13,14)15)7-8-3-5-9(17)6-4-8/h3-6,10,16-17H,2,7H2,1H3/t10-/m0/s1. The number of alkyl halides is 3. The molecule has 2 N–H and O–H groups in total. The van der Waals surface area contributed by atoms with Crippen molar-refractivity contribution < 1.29 is 36.2 Å². The highest BCUT2D eigenvalue weighted by atomic mass is 32.2. The first kappa shape index (κ1) is 18.2. The van der Waals surface area contributed by atoms with Crippen LogP contribution in [0.25, 0.3) is 0 Å². The number of esters is 1. The minimum atomic E-state index is -5.69. The molecule has 0 amide bonds. The maximum Gasteiger partial charge on any atom is 0.511 e. The normalized spacial score (nSPS) is 13.6. The molecule has 1 atom stereocenters. The number of phenolic OH excluding ortho intramolecular Hbond substituents is 1. The molecular weight excluding hydrogens is 327 g/mol. The predicted molar refractivity (Wildman–Crippen MR) is 70.3 cm³/mol. The second-order valence-corrected chi connectivity index (χ2v) is 5.95. The van der Waals surface area contributed by atoms with Crippen LogP contribution in [0.4, 0.5) is 13.2 Å². The Hall–Kier alpha value is -1.81. The van der Waals surface area contributed by atoms with Crippen molar-refractivity contribution >= 4 is 16.0 Å². The van der Waals surface area contributed by atoms with Crippen LogP contribution in [-0.4, -0.2) is 37.7 Å². The molecule has 0 aliphatic carbocycles. The predicted octanol–water partition coefficient (Wildman–Crippen LogP) is 1.31. The average molecular weight is 341 g/mol. The van der Waals surface area contributed by atoms with Crippen molar-refractivity contribution in [2.75, 3.05) is 6.61 Å². The van der Waals surface area contributed by atoms with Gasteiger partial charge in [-0.15, -0.1) is 0 Å². The van der Waals surface area contributed by atoms with Crippen molar-refractivity contribution in [3.63, 3.8) is 0 Å². The Kier molecular flexibility index (Phi) is 5.78. The van der Waals surface area contributed by atoms with Crippen LogP contribution in [0.3, 0.4) is 0 Å². The number of hydrogen-bond acceptors (Lipinski definition) is 5. The molecule has 0 unspecified atom stereocenters. The molecule has 0 aliphatic heterocycles. The number of nitrogens with one attached hydrogen (secondary N) is 1. The zero-order chi connectivity index (χ0) is 17.0. The van der Waals surface area contributed by atoms with Crippen LogP contribution in [0.1, 0.15) is 12.5 Å². The SMILES string of the molecule is CCOC(=O)[C@H](Cc1ccc(O)cc1)NS(=O)(=O)C(F)(F)F. The Balaban J connectivity index is 2.99. The zero-order valence-electron chi connectivity index (χ0n) is 11.4. The van der Waals surface area contributed by atoms with Gasteiger partial charge in [0.2, 0.25) is 0 Å². The highest BCUT2D eigenvalue weighted by Gasteiger charge is 2.47. The smallest absolute Gasteiger partial charge is 0.508 e. The molecule has 0 radical (unpaired) electrons. The minimum absolute atomic E-state index is 0.0766. The monoisotopic (exact) mass is 341 g/mol. The topological polar surface area (TPSA) is 92.7 Å². The summed E-state index contributed by atoms with van der Waals surface area (Å²) in [7, 11) is -5.69. The summed E-state index contributed by atoms with van der Waals surface area (Å²) in [6, 6.07) is 3.49. The van der Waals surface area contributed by atoms with Gasteiger partial charge in [0.25, 0.3) is 0 Å². The third-order valence-electron chi connectivity index (χ3n) is 2.55. The van der Waals surface area contributed by atoms with Gasteiger partial charge in [-0.3, -0.25) is 4.79 Å². The van der Waals surface area contributed by atoms with Crippen molar-refractivity contribution in [1.82, 2.24) is 4.72 Å².